The van der Waals surface area contributed by atoms with Gasteiger partial charge in [-0.2, -0.15) is 4.39 Å². The normalized spacial score (nSPS) is 9.29. The van der Waals surface area contributed by atoms with Crippen LogP contribution in [-0.2, 0) is 0 Å². The second-order valence-corrected chi connectivity index (χ2v) is 1.21. The highest BCUT2D eigenvalue weighted by atomic mass is 19.1. The second-order valence-electron chi connectivity index (χ2n) is 1.21. The predicted molar refractivity (Wildman–Crippen MR) is 22.4 cm³/mol. The van der Waals surface area contributed by atoms with Gasteiger partial charge in [-0.1, -0.05) is 0 Å². The number of nitrogens with one attached hydrogen (secondary N) is 1. The van der Waals surface area contributed by atoms with Crippen molar-refractivity contribution in [3.8, 4) is 5.75 Å². The fourth-order valence-electron chi connectivity index (χ4n) is 0.356. The van der Waals surface area contributed by atoms with E-state index in [-0.39, 0.29) is 5.75 Å². The first-order valence-corrected chi connectivity index (χ1v) is 1.82. The van der Waals surface area contributed by atoms with Crippen LogP contribution in [0.15, 0.2) is 12.3 Å². The molecule has 1 aromatic heterocycles. The van der Waals surface area contributed by atoms with Crippen molar-refractivity contribution in [2.24, 2.45) is 0 Å². The maximum atomic E-state index is 11.7. The van der Waals surface area contributed by atoms with Crippen molar-refractivity contribution in [2.45, 2.75) is 0 Å². The van der Waals surface area contributed by atoms with Gasteiger partial charge >= 0.3 is 0 Å². The molecule has 2 N–H and O–H groups in total. The number of aromatic nitrogens is 1. The van der Waals surface area contributed by atoms with Gasteiger partial charge in [-0.05, 0) is 0 Å². The molecule has 0 aliphatic heterocycles. The molecule has 7 heavy (non-hydrogen) atoms. The summed E-state index contributed by atoms with van der Waals surface area (Å²) in [5.74, 6) is -0.588. The molecule has 0 atom stereocenters. The van der Waals surface area contributed by atoms with Crippen molar-refractivity contribution < 1.29 is 9.50 Å². The van der Waals surface area contributed by atoms with E-state index in [4.69, 9.17) is 5.11 Å². The van der Waals surface area contributed by atoms with Gasteiger partial charge in [0.2, 0.25) is 0 Å². The molecule has 3 heteroatoms. The zero-order valence-electron chi connectivity index (χ0n) is 3.48. The molecule has 0 amide bonds. The Balaban J connectivity index is 3.04. The molecule has 0 spiro atoms. The summed E-state index contributed by atoms with van der Waals surface area (Å²) < 4.78 is 11.7. The first kappa shape index (κ1) is 4.18. The van der Waals surface area contributed by atoms with Gasteiger partial charge in [0.15, 0.2) is 5.95 Å². The molecule has 0 aromatic carbocycles. The van der Waals surface area contributed by atoms with Crippen molar-refractivity contribution in [2.75, 3.05) is 0 Å². The number of aromatic hydroxyl groups is 1. The third kappa shape index (κ3) is 0.707. The van der Waals surface area contributed by atoms with E-state index in [1.807, 2.05) is 0 Å². The minimum atomic E-state index is -0.516. The minimum absolute atomic E-state index is 0.0718. The van der Waals surface area contributed by atoms with Crippen LogP contribution in [0.5, 0.6) is 5.75 Å². The Labute approximate surface area is 39.6 Å². The molecule has 2 nitrogen and oxygen atoms in total. The first-order chi connectivity index (χ1) is 3.29. The number of hydrogen-bond donors (Lipinski definition) is 2. The zero-order chi connectivity index (χ0) is 5.28. The van der Waals surface area contributed by atoms with Gasteiger partial charge in [-0.15, -0.1) is 0 Å². The van der Waals surface area contributed by atoms with Crippen LogP contribution in [0.1, 0.15) is 0 Å². The van der Waals surface area contributed by atoms with Crippen LogP contribution in [0.2, 0.25) is 0 Å². The quantitative estimate of drug-likeness (QED) is 0.499. The number of rotatable bonds is 0. The summed E-state index contributed by atoms with van der Waals surface area (Å²) in [5.41, 5.74) is 0. The van der Waals surface area contributed by atoms with E-state index < -0.39 is 5.95 Å². The highest BCUT2D eigenvalue weighted by Crippen LogP contribution is 2.06. The highest BCUT2D eigenvalue weighted by molar-refractivity contribution is 5.14. The van der Waals surface area contributed by atoms with E-state index in [0.717, 1.165) is 6.07 Å². The third-order valence-corrected chi connectivity index (χ3v) is 0.633. The standard InChI is InChI=1S/C4H4FNO/c5-4-1-3(7)2-6-4/h1-2,6-7H. The van der Waals surface area contributed by atoms with Gasteiger partial charge < -0.3 is 10.1 Å². The monoisotopic (exact) mass is 101 g/mol. The summed E-state index contributed by atoms with van der Waals surface area (Å²) in [4.78, 5) is 2.15. The summed E-state index contributed by atoms with van der Waals surface area (Å²) in [5, 5.41) is 8.38. The van der Waals surface area contributed by atoms with Gasteiger partial charge in [0.25, 0.3) is 0 Å². The van der Waals surface area contributed by atoms with E-state index in [0.29, 0.717) is 0 Å². The van der Waals surface area contributed by atoms with E-state index in [2.05, 4.69) is 4.98 Å². The minimum Gasteiger partial charge on any atom is -0.506 e. The average Bonchev–Trinajstić information content (AvgIpc) is 1.87. The van der Waals surface area contributed by atoms with Gasteiger partial charge in [0, 0.05) is 12.3 Å². The summed E-state index contributed by atoms with van der Waals surface area (Å²) in [6.07, 6.45) is 1.18. The molecule has 1 rings (SSSR count). The SMILES string of the molecule is Oc1c[nH]c(F)c1. The van der Waals surface area contributed by atoms with Crippen molar-refractivity contribution in [1.82, 2.24) is 4.98 Å². The maximum absolute atomic E-state index is 11.7. The lowest BCUT2D eigenvalue weighted by atomic mass is 10.6. The predicted octanol–water partition coefficient (Wildman–Crippen LogP) is 0.859. The zero-order valence-corrected chi connectivity index (χ0v) is 3.48. The smallest absolute Gasteiger partial charge is 0.194 e. The van der Waals surface area contributed by atoms with Crippen LogP contribution >= 0.6 is 0 Å². The van der Waals surface area contributed by atoms with E-state index in [9.17, 15) is 4.39 Å². The van der Waals surface area contributed by atoms with Gasteiger partial charge in [0.1, 0.15) is 5.75 Å². The van der Waals surface area contributed by atoms with Crippen LogP contribution in [0, 0.1) is 5.95 Å². The third-order valence-electron chi connectivity index (χ3n) is 0.633. The largest absolute Gasteiger partial charge is 0.506 e. The lowest BCUT2D eigenvalue weighted by Gasteiger charge is -1.68. The van der Waals surface area contributed by atoms with Crippen LogP contribution in [-0.4, -0.2) is 10.1 Å². The van der Waals surface area contributed by atoms with Crippen LogP contribution in [0.4, 0.5) is 4.39 Å². The highest BCUT2D eigenvalue weighted by Gasteiger charge is 1.89. The first-order valence-electron chi connectivity index (χ1n) is 1.82. The second kappa shape index (κ2) is 1.26. The van der Waals surface area contributed by atoms with E-state index in [1.54, 1.807) is 0 Å². The van der Waals surface area contributed by atoms with Crippen LogP contribution in [0.3, 0.4) is 0 Å². The number of halogens is 1. The molecule has 1 heterocycles. The van der Waals surface area contributed by atoms with Crippen LogP contribution in [0.25, 0.3) is 0 Å². The molecule has 0 unspecified atom stereocenters. The Morgan fingerprint density at radius 2 is 2.43 bits per heavy atom. The topological polar surface area (TPSA) is 36.0 Å². The van der Waals surface area contributed by atoms with Crippen molar-refractivity contribution in [3.63, 3.8) is 0 Å². The van der Waals surface area contributed by atoms with Crippen molar-refractivity contribution in [3.05, 3.63) is 18.2 Å². The molecule has 0 saturated heterocycles. The molecule has 0 saturated carbocycles. The van der Waals surface area contributed by atoms with Crippen molar-refractivity contribution in [1.29, 1.82) is 0 Å². The van der Waals surface area contributed by atoms with Gasteiger partial charge in [0.05, 0.1) is 0 Å². The lowest BCUT2D eigenvalue weighted by molar-refractivity contribution is 0.474. The Hall–Kier alpha value is -0.990. The number of H-pyrrole nitrogens is 1. The Morgan fingerprint density at radius 3 is 2.57 bits per heavy atom. The average molecular weight is 101 g/mol. The van der Waals surface area contributed by atoms with Gasteiger partial charge in [-0.3, -0.25) is 0 Å². The summed E-state index contributed by atoms with van der Waals surface area (Å²) in [6, 6.07) is 1.00. The molecule has 0 aliphatic rings. The Kier molecular flexibility index (Phi) is 0.749. The molecule has 0 radical (unpaired) electrons. The molecule has 0 bridgehead atoms. The lowest BCUT2D eigenvalue weighted by Crippen LogP contribution is -1.61. The fraction of sp³-hybridized carbons (Fsp3) is 0. The van der Waals surface area contributed by atoms with E-state index in [1.165, 1.54) is 6.20 Å². The molecule has 38 valence electrons. The molecule has 0 fully saturated rings. The summed E-state index contributed by atoms with van der Waals surface area (Å²) in [7, 11) is 0. The molecular weight excluding hydrogens is 97.0 g/mol. The van der Waals surface area contributed by atoms with E-state index >= 15 is 0 Å². The maximum Gasteiger partial charge on any atom is 0.194 e. The molecule has 0 aliphatic carbocycles. The van der Waals surface area contributed by atoms with Gasteiger partial charge in [-0.25, -0.2) is 0 Å². The fourth-order valence-corrected chi connectivity index (χ4v) is 0.356. The Morgan fingerprint density at radius 1 is 1.71 bits per heavy atom. The Bertz CT molecular complexity index is 144. The number of hydrogen-bond acceptors (Lipinski definition) is 1. The number of aromatic amines is 1. The molecular formula is C4H4FNO. The van der Waals surface area contributed by atoms with Crippen LogP contribution < -0.4 is 0 Å². The summed E-state index contributed by atoms with van der Waals surface area (Å²) >= 11 is 0. The summed E-state index contributed by atoms with van der Waals surface area (Å²) in [6.45, 7) is 0. The molecule has 1 aromatic rings. The van der Waals surface area contributed by atoms with Crippen molar-refractivity contribution >= 4 is 0 Å².